The zero-order chi connectivity index (χ0) is 16.0. The lowest BCUT2D eigenvalue weighted by atomic mass is 10.0. The van der Waals surface area contributed by atoms with Crippen LogP contribution in [0.4, 0.5) is 5.69 Å². The van der Waals surface area contributed by atoms with Gasteiger partial charge in [-0.15, -0.1) is 0 Å². The van der Waals surface area contributed by atoms with Gasteiger partial charge in [-0.05, 0) is 38.0 Å². The average Bonchev–Trinajstić information content (AvgIpc) is 2.49. The molecule has 0 unspecified atom stereocenters. The highest BCUT2D eigenvalue weighted by atomic mass is 16.4. The van der Waals surface area contributed by atoms with Crippen LogP contribution in [0.5, 0.6) is 0 Å². The second-order valence-electron chi connectivity index (χ2n) is 5.04. The minimum atomic E-state index is -0.223. The van der Waals surface area contributed by atoms with E-state index in [1.807, 2.05) is 45.9 Å². The van der Waals surface area contributed by atoms with Gasteiger partial charge in [0, 0.05) is 35.8 Å². The van der Waals surface area contributed by atoms with E-state index in [2.05, 4.69) is 24.8 Å². The lowest BCUT2D eigenvalue weighted by Gasteiger charge is -2.21. The number of fused-ring (bicyclic) bond motifs is 1. The van der Waals surface area contributed by atoms with Gasteiger partial charge in [-0.2, -0.15) is 0 Å². The van der Waals surface area contributed by atoms with Crippen molar-refractivity contribution < 1.29 is 4.42 Å². The van der Waals surface area contributed by atoms with E-state index in [-0.39, 0.29) is 11.5 Å². The van der Waals surface area contributed by atoms with Crippen LogP contribution in [0.15, 0.2) is 33.5 Å². The van der Waals surface area contributed by atoms with E-state index in [1.54, 1.807) is 0 Å². The Bertz CT molecular complexity index is 625. The van der Waals surface area contributed by atoms with Crippen LogP contribution < -0.4 is 10.5 Å². The minimum absolute atomic E-state index is 0.183. The molecule has 0 N–H and O–H groups in total. The molecular formula is C18H27NO2. The Labute approximate surface area is 127 Å². The molecule has 0 saturated carbocycles. The van der Waals surface area contributed by atoms with Gasteiger partial charge in [0.05, 0.1) is 0 Å². The summed E-state index contributed by atoms with van der Waals surface area (Å²) in [6.45, 7) is 14.1. The van der Waals surface area contributed by atoms with Gasteiger partial charge < -0.3 is 9.32 Å². The molecule has 0 aliphatic rings. The summed E-state index contributed by atoms with van der Waals surface area (Å²) in [7, 11) is 0. The van der Waals surface area contributed by atoms with Gasteiger partial charge in [-0.3, -0.25) is 0 Å². The Hall–Kier alpha value is -1.77. The van der Waals surface area contributed by atoms with Crippen molar-refractivity contribution in [3.05, 3.63) is 40.2 Å². The van der Waals surface area contributed by atoms with Crippen LogP contribution in [0, 0.1) is 0 Å². The maximum atomic E-state index is 11.9. The molecular weight excluding hydrogens is 262 g/mol. The highest BCUT2D eigenvalue weighted by Crippen LogP contribution is 2.23. The molecule has 0 saturated heterocycles. The second kappa shape index (κ2) is 7.87. The molecule has 1 aromatic heterocycles. The molecule has 21 heavy (non-hydrogen) atoms. The van der Waals surface area contributed by atoms with Gasteiger partial charge in [-0.25, -0.2) is 4.79 Å². The molecule has 2 aromatic rings. The van der Waals surface area contributed by atoms with Crippen molar-refractivity contribution in [2.45, 2.75) is 47.5 Å². The number of hydrogen-bond acceptors (Lipinski definition) is 3. The van der Waals surface area contributed by atoms with Crippen LogP contribution in [-0.2, 0) is 0 Å². The first-order valence-corrected chi connectivity index (χ1v) is 7.89. The number of anilines is 1. The molecule has 116 valence electrons. The summed E-state index contributed by atoms with van der Waals surface area (Å²) in [4.78, 5) is 14.1. The fourth-order valence-corrected chi connectivity index (χ4v) is 2.30. The number of rotatable bonds is 4. The molecule has 0 amide bonds. The summed E-state index contributed by atoms with van der Waals surface area (Å²) in [6, 6.07) is 8.00. The molecule has 1 aromatic carbocycles. The Kier molecular flexibility index (Phi) is 6.47. The molecule has 0 atom stereocenters. The van der Waals surface area contributed by atoms with Crippen LogP contribution in [0.25, 0.3) is 11.0 Å². The third-order valence-electron chi connectivity index (χ3n) is 3.50. The highest BCUT2D eigenvalue weighted by Gasteiger charge is 2.10. The van der Waals surface area contributed by atoms with Gasteiger partial charge in [0.15, 0.2) is 0 Å². The van der Waals surface area contributed by atoms with Crippen molar-refractivity contribution >= 4 is 16.7 Å². The van der Waals surface area contributed by atoms with Gasteiger partial charge in [0.2, 0.25) is 0 Å². The predicted octanol–water partition coefficient (Wildman–Crippen LogP) is 4.79. The van der Waals surface area contributed by atoms with Crippen molar-refractivity contribution in [2.24, 2.45) is 0 Å². The molecule has 0 fully saturated rings. The van der Waals surface area contributed by atoms with Gasteiger partial charge in [-0.1, -0.05) is 27.7 Å². The van der Waals surface area contributed by atoms with Crippen LogP contribution in [0.3, 0.4) is 0 Å². The first-order chi connectivity index (χ1) is 10.1. The highest BCUT2D eigenvalue weighted by molar-refractivity contribution is 5.81. The Morgan fingerprint density at radius 2 is 1.71 bits per heavy atom. The molecule has 3 heteroatoms. The predicted molar refractivity (Wildman–Crippen MR) is 91.5 cm³/mol. The first-order valence-electron chi connectivity index (χ1n) is 7.89. The smallest absolute Gasteiger partial charge is 0.339 e. The van der Waals surface area contributed by atoms with E-state index in [1.165, 1.54) is 0 Å². The lowest BCUT2D eigenvalue weighted by Crippen LogP contribution is -2.21. The Morgan fingerprint density at radius 1 is 1.10 bits per heavy atom. The summed E-state index contributed by atoms with van der Waals surface area (Å²) in [5.41, 5.74) is 2.28. The number of nitrogens with zero attached hydrogens (tertiary/aromatic N) is 1. The molecule has 2 rings (SSSR count). The fourth-order valence-electron chi connectivity index (χ4n) is 2.30. The van der Waals surface area contributed by atoms with Crippen LogP contribution in [0.1, 0.15) is 53.0 Å². The number of hydrogen-bond donors (Lipinski definition) is 0. The van der Waals surface area contributed by atoms with Crippen molar-refractivity contribution in [1.82, 2.24) is 0 Å². The zero-order valence-corrected chi connectivity index (χ0v) is 14.1. The minimum Gasteiger partial charge on any atom is -0.422 e. The van der Waals surface area contributed by atoms with Gasteiger partial charge in [0.25, 0.3) is 0 Å². The van der Waals surface area contributed by atoms with Crippen LogP contribution in [0.2, 0.25) is 0 Å². The van der Waals surface area contributed by atoms with Crippen molar-refractivity contribution in [2.75, 3.05) is 18.0 Å². The number of benzene rings is 1. The quantitative estimate of drug-likeness (QED) is 0.759. The van der Waals surface area contributed by atoms with E-state index in [4.69, 9.17) is 4.42 Å². The largest absolute Gasteiger partial charge is 0.422 e. The van der Waals surface area contributed by atoms with Gasteiger partial charge >= 0.3 is 5.63 Å². The standard InChI is InChI=1S/C16H21NO2.C2H6/c1-5-17(6-2)13-8-7-12-9-14(11(3)4)16(18)19-15(12)10-13;1-2/h7-11H,5-6H2,1-4H3;1-2H3. The molecule has 0 aliphatic carbocycles. The maximum Gasteiger partial charge on any atom is 0.339 e. The SMILES string of the molecule is CC.CCN(CC)c1ccc2cc(C(C)C)c(=O)oc2c1. The molecule has 0 bridgehead atoms. The summed E-state index contributed by atoms with van der Waals surface area (Å²) < 4.78 is 5.45. The molecule has 0 aliphatic heterocycles. The zero-order valence-electron chi connectivity index (χ0n) is 14.1. The Morgan fingerprint density at radius 3 is 2.24 bits per heavy atom. The molecule has 0 radical (unpaired) electrons. The monoisotopic (exact) mass is 289 g/mol. The first kappa shape index (κ1) is 17.3. The molecule has 3 nitrogen and oxygen atoms in total. The second-order valence-corrected chi connectivity index (χ2v) is 5.04. The van der Waals surface area contributed by atoms with E-state index < -0.39 is 0 Å². The lowest BCUT2D eigenvalue weighted by molar-refractivity contribution is 0.544. The topological polar surface area (TPSA) is 33.5 Å². The van der Waals surface area contributed by atoms with Crippen molar-refractivity contribution in [3.8, 4) is 0 Å². The van der Waals surface area contributed by atoms with Crippen LogP contribution >= 0.6 is 0 Å². The van der Waals surface area contributed by atoms with E-state index in [9.17, 15) is 4.79 Å². The summed E-state index contributed by atoms with van der Waals surface area (Å²) in [5.74, 6) is 0.183. The van der Waals surface area contributed by atoms with Crippen molar-refractivity contribution in [1.29, 1.82) is 0 Å². The summed E-state index contributed by atoms with van der Waals surface area (Å²) >= 11 is 0. The molecule has 0 spiro atoms. The third kappa shape index (κ3) is 3.87. The van der Waals surface area contributed by atoms with Crippen LogP contribution in [-0.4, -0.2) is 13.1 Å². The fraction of sp³-hybridized carbons (Fsp3) is 0.500. The maximum absolute atomic E-state index is 11.9. The normalized spacial score (nSPS) is 10.4. The van der Waals surface area contributed by atoms with E-state index in [0.717, 1.165) is 29.7 Å². The van der Waals surface area contributed by atoms with E-state index in [0.29, 0.717) is 5.58 Å². The Balaban J connectivity index is 0.00000106. The summed E-state index contributed by atoms with van der Waals surface area (Å²) in [6.07, 6.45) is 0. The molecule has 1 heterocycles. The average molecular weight is 289 g/mol. The van der Waals surface area contributed by atoms with E-state index >= 15 is 0 Å². The van der Waals surface area contributed by atoms with Crippen molar-refractivity contribution in [3.63, 3.8) is 0 Å². The van der Waals surface area contributed by atoms with Gasteiger partial charge in [0.1, 0.15) is 5.58 Å². The summed E-state index contributed by atoms with van der Waals surface area (Å²) in [5, 5.41) is 0.985. The third-order valence-corrected chi connectivity index (χ3v) is 3.50.